The number of amides is 3. The Morgan fingerprint density at radius 1 is 1.05 bits per heavy atom. The molecule has 2 aromatic carbocycles. The van der Waals surface area contributed by atoms with E-state index in [0.29, 0.717) is 5.56 Å². The molecule has 0 saturated carbocycles. The van der Waals surface area contributed by atoms with E-state index in [9.17, 15) is 19.6 Å². The lowest BCUT2D eigenvalue weighted by atomic mass is 9.96. The molecule has 1 unspecified atom stereocenters. The topological polar surface area (TPSA) is 169 Å². The first kappa shape index (κ1) is 46.7. The first-order chi connectivity index (χ1) is 29.5. The Bertz CT molecular complexity index is 2680. The number of imide groups is 1. The van der Waals surface area contributed by atoms with E-state index >= 15 is 8.78 Å². The smallest absolute Gasteiger partial charge is 0.425 e. The summed E-state index contributed by atoms with van der Waals surface area (Å²) in [7, 11) is 0. The summed E-state index contributed by atoms with van der Waals surface area (Å²) >= 11 is 9.11. The van der Waals surface area contributed by atoms with Crippen LogP contribution < -0.4 is 19.9 Å². The molecule has 19 heteroatoms. The van der Waals surface area contributed by atoms with Crippen LogP contribution in [0.3, 0.4) is 0 Å². The van der Waals surface area contributed by atoms with Gasteiger partial charge >= 0.3 is 18.3 Å². The predicted molar refractivity (Wildman–Crippen MR) is 241 cm³/mol. The monoisotopic (exact) mass is 921 g/mol. The fourth-order valence-corrected chi connectivity index (χ4v) is 8.59. The average molecular weight is 922 g/mol. The minimum atomic E-state index is -1.03. The van der Waals surface area contributed by atoms with Gasteiger partial charge in [0, 0.05) is 22.7 Å². The van der Waals surface area contributed by atoms with Gasteiger partial charge in [-0.2, -0.15) is 10.2 Å². The van der Waals surface area contributed by atoms with Gasteiger partial charge in [0.1, 0.15) is 51.6 Å². The van der Waals surface area contributed by atoms with Crippen LogP contribution in [0.1, 0.15) is 85.9 Å². The van der Waals surface area contributed by atoms with Crippen molar-refractivity contribution in [1.29, 1.82) is 5.26 Å². The Morgan fingerprint density at radius 3 is 2.29 bits per heavy atom. The van der Waals surface area contributed by atoms with Gasteiger partial charge in [-0.25, -0.2) is 38.1 Å². The molecule has 332 valence electrons. The zero-order chi connectivity index (χ0) is 46.3. The molecule has 4 heterocycles. The van der Waals surface area contributed by atoms with E-state index in [0.717, 1.165) is 34.1 Å². The van der Waals surface area contributed by atoms with Crippen molar-refractivity contribution in [1.82, 2.24) is 15.0 Å². The highest BCUT2D eigenvalue weighted by atomic mass is 35.5. The summed E-state index contributed by atoms with van der Waals surface area (Å²) in [5.74, 6) is -1.51. The van der Waals surface area contributed by atoms with E-state index in [2.05, 4.69) is 21.9 Å². The average Bonchev–Trinajstić information content (AvgIpc) is 3.42. The zero-order valence-electron chi connectivity index (χ0n) is 36.4. The van der Waals surface area contributed by atoms with Crippen molar-refractivity contribution in [2.24, 2.45) is 0 Å². The molecular formula is C44H46ClF2N7O7S2. The fraction of sp³-hybridized carbons (Fsp3) is 0.386. The van der Waals surface area contributed by atoms with Crippen LogP contribution in [0.15, 0.2) is 48.3 Å². The van der Waals surface area contributed by atoms with Gasteiger partial charge in [0.05, 0.1) is 33.3 Å². The number of nitriles is 1. The number of nitrogens with one attached hydrogen (secondary N) is 1. The molecule has 1 aliphatic heterocycles. The van der Waals surface area contributed by atoms with E-state index in [4.69, 9.17) is 35.5 Å². The van der Waals surface area contributed by atoms with E-state index in [-0.39, 0.29) is 89.8 Å². The van der Waals surface area contributed by atoms with Crippen molar-refractivity contribution in [3.63, 3.8) is 0 Å². The maximum atomic E-state index is 17.6. The van der Waals surface area contributed by atoms with Crippen molar-refractivity contribution in [3.05, 3.63) is 70.9 Å². The third kappa shape index (κ3) is 9.75. The molecule has 14 nitrogen and oxygen atoms in total. The Morgan fingerprint density at radius 2 is 1.70 bits per heavy atom. The second kappa shape index (κ2) is 17.8. The van der Waals surface area contributed by atoms with Crippen LogP contribution in [0.4, 0.5) is 39.8 Å². The number of nitrogens with zero attached hydrogens (tertiary/aromatic N) is 6. The van der Waals surface area contributed by atoms with Crippen LogP contribution in [0.5, 0.6) is 5.75 Å². The lowest BCUT2D eigenvalue weighted by molar-refractivity contribution is 0.0427. The van der Waals surface area contributed by atoms with E-state index in [1.807, 2.05) is 11.0 Å². The number of aromatic nitrogens is 3. The number of halogens is 3. The first-order valence-corrected chi connectivity index (χ1v) is 22.0. The number of thiophene rings is 1. The first-order valence-electron chi connectivity index (χ1n) is 19.6. The minimum absolute atomic E-state index is 0.00482. The van der Waals surface area contributed by atoms with Crippen LogP contribution in [0.2, 0.25) is 5.02 Å². The SMILES string of the molecule is C=CCC(c1cccnc1N(C(=O)OC(C)(C)C)C(=O)OC(C)(C)C)N1CCOc2c(Cl)c(-c3ccc(F)c4sc(NC(=O)OC(C)(C)C)c(C#N)c34)c(F)c3nc(SC)nc1c23. The third-order valence-corrected chi connectivity index (χ3v) is 11.1. The van der Waals surface area contributed by atoms with Gasteiger partial charge in [-0.3, -0.25) is 5.32 Å². The number of hydrogen-bond acceptors (Lipinski definition) is 14. The summed E-state index contributed by atoms with van der Waals surface area (Å²) in [6.45, 7) is 19.0. The molecule has 0 radical (unpaired) electrons. The van der Waals surface area contributed by atoms with Crippen LogP contribution in [-0.2, 0) is 14.2 Å². The highest BCUT2D eigenvalue weighted by Crippen LogP contribution is 2.52. The summed E-state index contributed by atoms with van der Waals surface area (Å²) in [6, 6.07) is 7.01. The van der Waals surface area contributed by atoms with Gasteiger partial charge in [0.2, 0.25) is 0 Å². The largest absolute Gasteiger partial charge is 0.489 e. The Kier molecular flexibility index (Phi) is 13.2. The van der Waals surface area contributed by atoms with Crippen LogP contribution in [0.25, 0.3) is 32.1 Å². The summed E-state index contributed by atoms with van der Waals surface area (Å²) in [5.41, 5.74) is -3.02. The number of thioether (sulfide) groups is 1. The van der Waals surface area contributed by atoms with E-state index in [1.165, 1.54) is 12.3 Å². The molecule has 5 aromatic rings. The van der Waals surface area contributed by atoms with Crippen molar-refractivity contribution in [3.8, 4) is 22.9 Å². The number of benzene rings is 2. The highest BCUT2D eigenvalue weighted by molar-refractivity contribution is 7.98. The molecule has 0 saturated heterocycles. The summed E-state index contributed by atoms with van der Waals surface area (Å²) in [5, 5.41) is 13.0. The lowest BCUT2D eigenvalue weighted by Gasteiger charge is -2.34. The predicted octanol–water partition coefficient (Wildman–Crippen LogP) is 12.0. The number of carbonyl (C=O) groups is 3. The fourth-order valence-electron chi connectivity index (χ4n) is 6.83. The Balaban J connectivity index is 1.58. The summed E-state index contributed by atoms with van der Waals surface area (Å²) in [6.07, 6.45) is 2.05. The molecule has 0 fully saturated rings. The zero-order valence-corrected chi connectivity index (χ0v) is 38.8. The maximum absolute atomic E-state index is 17.6. The molecule has 0 spiro atoms. The Hall–Kier alpha value is -5.77. The quantitative estimate of drug-likeness (QED) is 0.0676. The van der Waals surface area contributed by atoms with Crippen molar-refractivity contribution in [2.75, 3.05) is 34.5 Å². The third-order valence-electron chi connectivity index (χ3n) is 9.07. The van der Waals surface area contributed by atoms with Gasteiger partial charge in [-0.1, -0.05) is 41.6 Å². The Labute approximate surface area is 376 Å². The van der Waals surface area contributed by atoms with E-state index in [1.54, 1.807) is 86.8 Å². The highest BCUT2D eigenvalue weighted by Gasteiger charge is 2.39. The van der Waals surface area contributed by atoms with Crippen LogP contribution in [-0.4, -0.2) is 69.4 Å². The molecule has 3 aromatic heterocycles. The number of ether oxygens (including phenoxy) is 4. The second-order valence-corrected chi connectivity index (χ2v) is 19.4. The maximum Gasteiger partial charge on any atom is 0.425 e. The number of carbonyl (C=O) groups excluding carboxylic acids is 3. The molecule has 0 aliphatic carbocycles. The molecule has 63 heavy (non-hydrogen) atoms. The normalized spacial score (nSPS) is 13.4. The molecule has 1 aliphatic rings. The van der Waals surface area contributed by atoms with Gasteiger partial charge < -0.3 is 23.8 Å². The molecular weight excluding hydrogens is 876 g/mol. The van der Waals surface area contributed by atoms with Gasteiger partial charge in [-0.05, 0) is 92.7 Å². The summed E-state index contributed by atoms with van der Waals surface area (Å²) in [4.78, 5) is 57.1. The molecule has 6 rings (SSSR count). The number of anilines is 3. The molecule has 1 atom stereocenters. The van der Waals surface area contributed by atoms with Crippen molar-refractivity contribution >= 4 is 90.6 Å². The number of hydrogen-bond donors (Lipinski definition) is 1. The number of pyridine rings is 1. The molecule has 0 bridgehead atoms. The summed E-state index contributed by atoms with van der Waals surface area (Å²) < 4.78 is 56.3. The lowest BCUT2D eigenvalue weighted by Crippen LogP contribution is -2.45. The van der Waals surface area contributed by atoms with Crippen LogP contribution >= 0.6 is 34.7 Å². The van der Waals surface area contributed by atoms with Gasteiger partial charge in [0.25, 0.3) is 0 Å². The van der Waals surface area contributed by atoms with Gasteiger partial charge in [-0.15, -0.1) is 17.9 Å². The number of fused-ring (bicyclic) bond motifs is 1. The second-order valence-electron chi connectivity index (χ2n) is 17.2. The van der Waals surface area contributed by atoms with Crippen LogP contribution in [0, 0.1) is 23.0 Å². The molecule has 3 amide bonds. The minimum Gasteiger partial charge on any atom is -0.489 e. The van der Waals surface area contributed by atoms with Gasteiger partial charge in [0.15, 0.2) is 22.5 Å². The standard InChI is InChI=1S/C44H46ClF2N7O7S2/c1-12-14-26(22-15-13-18-49-35(22)54(40(56)60-43(5,6)7)41(57)61-44(8,9)10)53-19-20-58-33-29-32(50-38(62-11)51-36(29)53)31(47)28(30(33)45)23-16-17-25(46)34-27(23)24(21-48)37(63-34)52-39(55)59-42(2,3)4/h12-13,15-18,26H,1,14,19-20H2,2-11H3,(H,52,55). The molecule has 1 N–H and O–H groups in total. The van der Waals surface area contributed by atoms with Crippen molar-refractivity contribution in [2.45, 2.75) is 96.7 Å². The number of rotatable bonds is 8. The van der Waals surface area contributed by atoms with Crippen molar-refractivity contribution < 1.29 is 42.1 Å². The van der Waals surface area contributed by atoms with E-state index < -0.39 is 52.8 Å².